The van der Waals surface area contributed by atoms with Crippen LogP contribution in [0.5, 0.6) is 5.95 Å². The summed E-state index contributed by atoms with van der Waals surface area (Å²) in [7, 11) is 1.63. The largest absolute Gasteiger partial charge is 0.468 e. The maximum atomic E-state index is 12.3. The van der Waals surface area contributed by atoms with Crippen LogP contribution < -0.4 is 4.74 Å². The van der Waals surface area contributed by atoms with Gasteiger partial charge in [0.05, 0.1) is 7.11 Å². The summed E-state index contributed by atoms with van der Waals surface area (Å²) in [6, 6.07) is 0. The molecule has 0 bridgehead atoms. The molecule has 3 nitrogen and oxygen atoms in total. The number of carbonyl (C=O) groups excluding carboxylic acids is 1. The molecule has 2 aliphatic carbocycles. The zero-order valence-corrected chi connectivity index (χ0v) is 11.9. The smallest absolute Gasteiger partial charge is 0.287 e. The standard InChI is InChI=1S/C16H20O3/c1-9-5-6-14(17)16(3)8-13-11(7-12(9)16)10(2)15(18-4)19-13/h5-6,9,12H,7-8H2,1-4H3/t9-,12+,16-/m1/s1. The van der Waals surface area contributed by atoms with Gasteiger partial charge < -0.3 is 9.15 Å². The van der Waals surface area contributed by atoms with Crippen LogP contribution in [0.2, 0.25) is 0 Å². The molecule has 3 heteroatoms. The number of allylic oxidation sites excluding steroid dienone is 2. The Kier molecular flexibility index (Phi) is 2.63. The summed E-state index contributed by atoms with van der Waals surface area (Å²) in [5.74, 6) is 2.55. The van der Waals surface area contributed by atoms with Gasteiger partial charge in [-0.2, -0.15) is 0 Å². The number of ether oxygens (including phenoxy) is 1. The molecule has 0 fully saturated rings. The molecule has 0 saturated carbocycles. The van der Waals surface area contributed by atoms with Crippen LogP contribution in [-0.2, 0) is 17.6 Å². The van der Waals surface area contributed by atoms with Crippen molar-refractivity contribution in [3.05, 3.63) is 29.0 Å². The zero-order valence-electron chi connectivity index (χ0n) is 11.9. The fourth-order valence-corrected chi connectivity index (χ4v) is 3.70. The number of carbonyl (C=O) groups is 1. The molecular formula is C16H20O3. The third-order valence-electron chi connectivity index (χ3n) is 5.02. The Morgan fingerprint density at radius 2 is 2.21 bits per heavy atom. The molecule has 1 aromatic heterocycles. The second-order valence-corrected chi connectivity index (χ2v) is 6.11. The van der Waals surface area contributed by atoms with Gasteiger partial charge in [-0.3, -0.25) is 4.79 Å². The summed E-state index contributed by atoms with van der Waals surface area (Å²) in [5, 5.41) is 0. The average molecular weight is 260 g/mol. The first kappa shape index (κ1) is 12.5. The van der Waals surface area contributed by atoms with Gasteiger partial charge in [-0.25, -0.2) is 0 Å². The normalized spacial score (nSPS) is 32.9. The van der Waals surface area contributed by atoms with E-state index in [0.29, 0.717) is 24.2 Å². The summed E-state index contributed by atoms with van der Waals surface area (Å²) >= 11 is 0. The van der Waals surface area contributed by atoms with Crippen molar-refractivity contribution < 1.29 is 13.9 Å². The van der Waals surface area contributed by atoms with Crippen LogP contribution in [0.25, 0.3) is 0 Å². The van der Waals surface area contributed by atoms with Crippen LogP contribution in [0.1, 0.15) is 30.7 Å². The summed E-state index contributed by atoms with van der Waals surface area (Å²) < 4.78 is 11.1. The molecule has 0 spiro atoms. The highest BCUT2D eigenvalue weighted by atomic mass is 16.6. The quantitative estimate of drug-likeness (QED) is 0.779. The van der Waals surface area contributed by atoms with Gasteiger partial charge in [-0.05, 0) is 31.3 Å². The topological polar surface area (TPSA) is 39.4 Å². The Hall–Kier alpha value is -1.51. The highest BCUT2D eigenvalue weighted by molar-refractivity contribution is 5.96. The van der Waals surface area contributed by atoms with Gasteiger partial charge in [0.1, 0.15) is 5.76 Å². The number of hydrogen-bond donors (Lipinski definition) is 0. The van der Waals surface area contributed by atoms with Crippen LogP contribution in [0.4, 0.5) is 0 Å². The number of fused-ring (bicyclic) bond motifs is 2. The lowest BCUT2D eigenvalue weighted by Gasteiger charge is -2.43. The van der Waals surface area contributed by atoms with Crippen LogP contribution >= 0.6 is 0 Å². The second-order valence-electron chi connectivity index (χ2n) is 6.11. The number of furan rings is 1. The van der Waals surface area contributed by atoms with E-state index >= 15 is 0 Å². The first-order valence-electron chi connectivity index (χ1n) is 6.85. The maximum absolute atomic E-state index is 12.3. The predicted molar refractivity (Wildman–Crippen MR) is 72.3 cm³/mol. The summed E-state index contributed by atoms with van der Waals surface area (Å²) in [5.41, 5.74) is 2.01. The van der Waals surface area contributed by atoms with Gasteiger partial charge >= 0.3 is 0 Å². The maximum Gasteiger partial charge on any atom is 0.287 e. The van der Waals surface area contributed by atoms with Crippen molar-refractivity contribution in [3.8, 4) is 5.95 Å². The van der Waals surface area contributed by atoms with Crippen molar-refractivity contribution in [2.75, 3.05) is 7.11 Å². The van der Waals surface area contributed by atoms with E-state index in [1.807, 2.05) is 13.0 Å². The van der Waals surface area contributed by atoms with E-state index in [-0.39, 0.29) is 11.2 Å². The molecule has 0 aromatic carbocycles. The minimum atomic E-state index is -0.323. The number of ketones is 1. The third kappa shape index (κ3) is 1.60. The summed E-state index contributed by atoms with van der Waals surface area (Å²) in [6.07, 6.45) is 5.39. The first-order valence-corrected chi connectivity index (χ1v) is 6.85. The number of rotatable bonds is 1. The average Bonchev–Trinajstić information content (AvgIpc) is 2.69. The highest BCUT2D eigenvalue weighted by Crippen LogP contribution is 2.49. The number of methoxy groups -OCH3 is 1. The van der Waals surface area contributed by atoms with Crippen LogP contribution in [0, 0.1) is 24.2 Å². The van der Waals surface area contributed by atoms with Gasteiger partial charge in [-0.15, -0.1) is 0 Å². The van der Waals surface area contributed by atoms with Gasteiger partial charge in [0.15, 0.2) is 5.78 Å². The molecule has 0 N–H and O–H groups in total. The lowest BCUT2D eigenvalue weighted by Crippen LogP contribution is -2.46. The van der Waals surface area contributed by atoms with Crippen molar-refractivity contribution >= 4 is 5.78 Å². The molecule has 0 unspecified atom stereocenters. The molecule has 3 atom stereocenters. The molecule has 2 aliphatic rings. The Morgan fingerprint density at radius 1 is 1.47 bits per heavy atom. The van der Waals surface area contributed by atoms with Crippen LogP contribution in [0.15, 0.2) is 16.6 Å². The van der Waals surface area contributed by atoms with E-state index in [9.17, 15) is 4.79 Å². The van der Waals surface area contributed by atoms with E-state index in [0.717, 1.165) is 17.7 Å². The Balaban J connectivity index is 2.09. The molecule has 0 amide bonds. The predicted octanol–water partition coefficient (Wildman–Crippen LogP) is 3.09. The molecule has 1 aromatic rings. The fraction of sp³-hybridized carbons (Fsp3) is 0.562. The molecule has 0 radical (unpaired) electrons. The minimum absolute atomic E-state index is 0.231. The molecule has 0 aliphatic heterocycles. The van der Waals surface area contributed by atoms with E-state index in [4.69, 9.17) is 9.15 Å². The zero-order chi connectivity index (χ0) is 13.8. The molecule has 1 heterocycles. The lowest BCUT2D eigenvalue weighted by molar-refractivity contribution is -0.128. The first-order chi connectivity index (χ1) is 8.97. The SMILES string of the molecule is COc1oc2c(c1C)C[C@H]1[C@H](C)C=CC(=O)[C@]1(C)C2. The monoisotopic (exact) mass is 260 g/mol. The van der Waals surface area contributed by atoms with Crippen LogP contribution in [-0.4, -0.2) is 12.9 Å². The van der Waals surface area contributed by atoms with E-state index in [2.05, 4.69) is 13.8 Å². The van der Waals surface area contributed by atoms with Crippen molar-refractivity contribution in [2.24, 2.45) is 17.3 Å². The second kappa shape index (κ2) is 3.99. The summed E-state index contributed by atoms with van der Waals surface area (Å²) in [6.45, 7) is 6.31. The molecule has 3 rings (SSSR count). The Labute approximate surface area is 113 Å². The van der Waals surface area contributed by atoms with E-state index < -0.39 is 0 Å². The molecule has 102 valence electrons. The van der Waals surface area contributed by atoms with Crippen molar-refractivity contribution in [1.29, 1.82) is 0 Å². The molecule has 19 heavy (non-hydrogen) atoms. The Morgan fingerprint density at radius 3 is 2.89 bits per heavy atom. The fourth-order valence-electron chi connectivity index (χ4n) is 3.70. The van der Waals surface area contributed by atoms with Gasteiger partial charge in [0.25, 0.3) is 5.95 Å². The van der Waals surface area contributed by atoms with Crippen molar-refractivity contribution in [1.82, 2.24) is 0 Å². The van der Waals surface area contributed by atoms with Crippen LogP contribution in [0.3, 0.4) is 0 Å². The van der Waals surface area contributed by atoms with Crippen molar-refractivity contribution in [3.63, 3.8) is 0 Å². The van der Waals surface area contributed by atoms with Gasteiger partial charge in [-0.1, -0.05) is 19.9 Å². The third-order valence-corrected chi connectivity index (χ3v) is 5.02. The Bertz CT molecular complexity index is 567. The van der Waals surface area contributed by atoms with Crippen molar-refractivity contribution in [2.45, 2.75) is 33.6 Å². The molecular weight excluding hydrogens is 240 g/mol. The van der Waals surface area contributed by atoms with Gasteiger partial charge in [0.2, 0.25) is 0 Å². The summed E-state index contributed by atoms with van der Waals surface area (Å²) in [4.78, 5) is 12.3. The van der Waals surface area contributed by atoms with E-state index in [1.54, 1.807) is 13.2 Å². The highest BCUT2D eigenvalue weighted by Gasteiger charge is 2.49. The molecule has 0 saturated heterocycles. The number of hydrogen-bond acceptors (Lipinski definition) is 3. The lowest BCUT2D eigenvalue weighted by atomic mass is 9.58. The van der Waals surface area contributed by atoms with E-state index in [1.165, 1.54) is 5.56 Å². The minimum Gasteiger partial charge on any atom is -0.468 e. The van der Waals surface area contributed by atoms with Gasteiger partial charge in [0, 0.05) is 23.0 Å².